The van der Waals surface area contributed by atoms with E-state index in [-0.39, 0.29) is 11.5 Å². The topological polar surface area (TPSA) is 72.2 Å². The molecule has 0 aliphatic rings. The molecule has 1 atom stereocenters. The van der Waals surface area contributed by atoms with Crippen LogP contribution in [0.2, 0.25) is 0 Å². The first-order valence-electron chi connectivity index (χ1n) is 6.27. The standard InChI is InChI=1S/C13H16ClFN2O3/c1-2-9(3-4-14)8-16-13(18)10-5-11(15)7-12(6-10)17(19)20/h5-7,9H,2-4,8H2,1H3,(H,16,18). The third-order valence-corrected chi connectivity index (χ3v) is 3.22. The van der Waals surface area contributed by atoms with Crippen LogP contribution < -0.4 is 5.32 Å². The number of halogens is 2. The lowest BCUT2D eigenvalue weighted by molar-refractivity contribution is -0.385. The zero-order valence-electron chi connectivity index (χ0n) is 11.1. The molecule has 0 heterocycles. The molecule has 7 heteroatoms. The molecule has 1 unspecified atom stereocenters. The molecule has 1 aromatic rings. The Balaban J connectivity index is 2.74. The number of amides is 1. The van der Waals surface area contributed by atoms with Gasteiger partial charge in [-0.25, -0.2) is 4.39 Å². The summed E-state index contributed by atoms with van der Waals surface area (Å²) in [7, 11) is 0. The Kier molecular flexibility index (Phi) is 6.38. The van der Waals surface area contributed by atoms with Gasteiger partial charge in [0.2, 0.25) is 0 Å². The molecular weight excluding hydrogens is 287 g/mol. The van der Waals surface area contributed by atoms with Gasteiger partial charge < -0.3 is 5.32 Å². The number of rotatable bonds is 7. The van der Waals surface area contributed by atoms with Gasteiger partial charge in [0.1, 0.15) is 5.82 Å². The smallest absolute Gasteiger partial charge is 0.273 e. The van der Waals surface area contributed by atoms with E-state index in [1.807, 2.05) is 6.92 Å². The van der Waals surface area contributed by atoms with Crippen LogP contribution in [-0.2, 0) is 0 Å². The van der Waals surface area contributed by atoms with Crippen molar-refractivity contribution in [1.82, 2.24) is 5.32 Å². The summed E-state index contributed by atoms with van der Waals surface area (Å²) >= 11 is 5.65. The molecule has 0 aliphatic heterocycles. The Morgan fingerprint density at radius 2 is 2.20 bits per heavy atom. The van der Waals surface area contributed by atoms with Crippen LogP contribution in [-0.4, -0.2) is 23.3 Å². The van der Waals surface area contributed by atoms with Gasteiger partial charge >= 0.3 is 0 Å². The summed E-state index contributed by atoms with van der Waals surface area (Å²) in [4.78, 5) is 21.7. The van der Waals surface area contributed by atoms with Gasteiger partial charge in [0.15, 0.2) is 0 Å². The molecule has 0 saturated heterocycles. The van der Waals surface area contributed by atoms with E-state index in [4.69, 9.17) is 11.6 Å². The van der Waals surface area contributed by atoms with Crippen molar-refractivity contribution in [2.45, 2.75) is 19.8 Å². The zero-order chi connectivity index (χ0) is 15.1. The van der Waals surface area contributed by atoms with Crippen molar-refractivity contribution in [1.29, 1.82) is 0 Å². The lowest BCUT2D eigenvalue weighted by atomic mass is 10.0. The molecule has 20 heavy (non-hydrogen) atoms. The minimum absolute atomic E-state index is 0.0579. The molecule has 0 aliphatic carbocycles. The monoisotopic (exact) mass is 302 g/mol. The molecule has 0 radical (unpaired) electrons. The molecule has 0 bridgehead atoms. The quantitative estimate of drug-likeness (QED) is 0.478. The molecule has 5 nitrogen and oxygen atoms in total. The fraction of sp³-hybridized carbons (Fsp3) is 0.462. The van der Waals surface area contributed by atoms with Gasteiger partial charge in [-0.05, 0) is 18.4 Å². The van der Waals surface area contributed by atoms with Crippen LogP contribution in [0.5, 0.6) is 0 Å². The van der Waals surface area contributed by atoms with Crippen molar-refractivity contribution >= 4 is 23.2 Å². The van der Waals surface area contributed by atoms with Crippen LogP contribution in [0.15, 0.2) is 18.2 Å². The number of carbonyl (C=O) groups excluding carboxylic acids is 1. The van der Waals surface area contributed by atoms with E-state index in [1.54, 1.807) is 0 Å². The number of nitrogens with zero attached hydrogens (tertiary/aromatic N) is 1. The fourth-order valence-electron chi connectivity index (χ4n) is 1.75. The van der Waals surface area contributed by atoms with E-state index in [0.29, 0.717) is 12.4 Å². The maximum absolute atomic E-state index is 13.2. The van der Waals surface area contributed by atoms with Crippen molar-refractivity contribution in [2.24, 2.45) is 5.92 Å². The summed E-state index contributed by atoms with van der Waals surface area (Å²) in [6.07, 6.45) is 1.62. The first-order chi connectivity index (χ1) is 9.47. The van der Waals surface area contributed by atoms with Crippen molar-refractivity contribution in [2.75, 3.05) is 12.4 Å². The maximum atomic E-state index is 13.2. The SMILES string of the molecule is CCC(CCCl)CNC(=O)c1cc(F)cc([N+](=O)[O-])c1. The number of alkyl halides is 1. The number of carbonyl (C=O) groups is 1. The lowest BCUT2D eigenvalue weighted by Crippen LogP contribution is -2.29. The van der Waals surface area contributed by atoms with Crippen LogP contribution in [0.3, 0.4) is 0 Å². The second-order valence-corrected chi connectivity index (χ2v) is 4.80. The lowest BCUT2D eigenvalue weighted by Gasteiger charge is -2.14. The molecule has 0 spiro atoms. The van der Waals surface area contributed by atoms with E-state index in [0.717, 1.165) is 31.0 Å². The number of nitrogens with one attached hydrogen (secondary N) is 1. The largest absolute Gasteiger partial charge is 0.352 e. The number of nitro benzene ring substituents is 1. The Labute approximate surface area is 121 Å². The van der Waals surface area contributed by atoms with Gasteiger partial charge in [-0.15, -0.1) is 11.6 Å². The number of non-ortho nitro benzene ring substituents is 1. The number of nitro groups is 1. The average Bonchev–Trinajstić information content (AvgIpc) is 2.42. The number of hydrogen-bond acceptors (Lipinski definition) is 3. The summed E-state index contributed by atoms with van der Waals surface area (Å²) in [5.74, 6) is -0.599. The summed E-state index contributed by atoms with van der Waals surface area (Å²) in [5, 5.41) is 13.3. The summed E-state index contributed by atoms with van der Waals surface area (Å²) < 4.78 is 13.2. The Bertz CT molecular complexity index is 497. The normalized spacial score (nSPS) is 11.9. The van der Waals surface area contributed by atoms with Crippen LogP contribution in [0.4, 0.5) is 10.1 Å². The van der Waals surface area contributed by atoms with Crippen LogP contribution in [0.1, 0.15) is 30.1 Å². The van der Waals surface area contributed by atoms with E-state index in [1.165, 1.54) is 0 Å². The first-order valence-corrected chi connectivity index (χ1v) is 6.80. The summed E-state index contributed by atoms with van der Waals surface area (Å²) in [5.41, 5.74) is -0.500. The minimum atomic E-state index is -0.808. The number of hydrogen-bond donors (Lipinski definition) is 1. The zero-order valence-corrected chi connectivity index (χ0v) is 11.8. The third-order valence-electron chi connectivity index (χ3n) is 3.00. The fourth-order valence-corrected chi connectivity index (χ4v) is 2.06. The Morgan fingerprint density at radius 3 is 2.75 bits per heavy atom. The average molecular weight is 303 g/mol. The second-order valence-electron chi connectivity index (χ2n) is 4.42. The van der Waals surface area contributed by atoms with E-state index >= 15 is 0 Å². The Hall–Kier alpha value is -1.69. The predicted molar refractivity (Wildman–Crippen MR) is 74.5 cm³/mol. The molecule has 1 aromatic carbocycles. The van der Waals surface area contributed by atoms with Crippen molar-refractivity contribution in [3.05, 3.63) is 39.7 Å². The molecule has 0 fully saturated rings. The first kappa shape index (κ1) is 16.4. The van der Waals surface area contributed by atoms with Crippen LogP contribution >= 0.6 is 11.6 Å². The van der Waals surface area contributed by atoms with E-state index in [9.17, 15) is 19.3 Å². The second kappa shape index (κ2) is 7.79. The van der Waals surface area contributed by atoms with Gasteiger partial charge in [0.05, 0.1) is 11.0 Å². The van der Waals surface area contributed by atoms with Crippen molar-refractivity contribution < 1.29 is 14.1 Å². The highest BCUT2D eigenvalue weighted by Crippen LogP contribution is 2.16. The van der Waals surface area contributed by atoms with E-state index in [2.05, 4.69) is 5.32 Å². The number of benzene rings is 1. The highest BCUT2D eigenvalue weighted by Gasteiger charge is 2.15. The van der Waals surface area contributed by atoms with Crippen LogP contribution in [0.25, 0.3) is 0 Å². The van der Waals surface area contributed by atoms with Gasteiger partial charge in [-0.2, -0.15) is 0 Å². The summed E-state index contributed by atoms with van der Waals surface area (Å²) in [6, 6.07) is 2.81. The van der Waals surface area contributed by atoms with Gasteiger partial charge in [0, 0.05) is 24.1 Å². The minimum Gasteiger partial charge on any atom is -0.352 e. The molecule has 0 saturated carbocycles. The van der Waals surface area contributed by atoms with E-state index < -0.39 is 22.3 Å². The van der Waals surface area contributed by atoms with Gasteiger partial charge in [-0.1, -0.05) is 13.3 Å². The third kappa shape index (κ3) is 4.77. The molecule has 0 aromatic heterocycles. The van der Waals surface area contributed by atoms with Gasteiger partial charge in [0.25, 0.3) is 11.6 Å². The van der Waals surface area contributed by atoms with Gasteiger partial charge in [-0.3, -0.25) is 14.9 Å². The highest BCUT2D eigenvalue weighted by atomic mass is 35.5. The van der Waals surface area contributed by atoms with Crippen molar-refractivity contribution in [3.8, 4) is 0 Å². The van der Waals surface area contributed by atoms with Crippen molar-refractivity contribution in [3.63, 3.8) is 0 Å². The molecule has 1 amide bonds. The summed E-state index contributed by atoms with van der Waals surface area (Å²) in [6.45, 7) is 2.39. The molecule has 110 valence electrons. The Morgan fingerprint density at radius 1 is 1.50 bits per heavy atom. The molecule has 1 N–H and O–H groups in total. The van der Waals surface area contributed by atoms with Crippen LogP contribution in [0, 0.1) is 21.8 Å². The molecule has 1 rings (SSSR count). The molecular formula is C13H16ClFN2O3. The predicted octanol–water partition coefficient (Wildman–Crippen LogP) is 3.12. The maximum Gasteiger partial charge on any atom is 0.273 e. The highest BCUT2D eigenvalue weighted by molar-refractivity contribution is 6.17.